The number of benzene rings is 2. The number of carbonyl (C=O) groups is 1. The number of carboxylic acids is 1. The van der Waals surface area contributed by atoms with E-state index in [0.717, 1.165) is 0 Å². The van der Waals surface area contributed by atoms with Crippen molar-refractivity contribution >= 4 is 16.7 Å². The van der Waals surface area contributed by atoms with E-state index < -0.39 is 24.4 Å². The van der Waals surface area contributed by atoms with E-state index in [1.165, 1.54) is 23.3 Å². The molecule has 0 spiro atoms. The fourth-order valence-corrected chi connectivity index (χ4v) is 2.38. The standard InChI is InChI=1S/C12H13N.C7H10F2O3/c1-9(13)11-8-4-6-10-5-2-3-7-12(10)11;1-4(2)3-7(12,5(8)9)6(10)11/h2-9H,13H2,1H3;5,12H,1,3H2,2H3,(H,10,11)/t9-;7-/m00/s1. The topological polar surface area (TPSA) is 88.0 Å². The summed E-state index contributed by atoms with van der Waals surface area (Å²) < 4.78 is 24.0. The van der Waals surface area contributed by atoms with Crippen LogP contribution in [0.15, 0.2) is 54.6 Å². The molecule has 0 bridgehead atoms. The van der Waals surface area contributed by atoms with Gasteiger partial charge in [0.15, 0.2) is 5.60 Å². The van der Waals surface area contributed by atoms with Crippen LogP contribution in [0, 0.1) is 0 Å². The van der Waals surface area contributed by atoms with Gasteiger partial charge in [-0.1, -0.05) is 48.0 Å². The summed E-state index contributed by atoms with van der Waals surface area (Å²) in [5, 5.41) is 21.6. The highest BCUT2D eigenvalue weighted by Crippen LogP contribution is 2.23. The first-order valence-corrected chi connectivity index (χ1v) is 7.76. The molecule has 0 amide bonds. The summed E-state index contributed by atoms with van der Waals surface area (Å²) >= 11 is 0. The highest BCUT2D eigenvalue weighted by atomic mass is 19.3. The first-order chi connectivity index (χ1) is 11.6. The van der Waals surface area contributed by atoms with Gasteiger partial charge in [-0.2, -0.15) is 0 Å². The maximum absolute atomic E-state index is 12.0. The van der Waals surface area contributed by atoms with Crippen LogP contribution in [0.4, 0.5) is 8.78 Å². The van der Waals surface area contributed by atoms with Crippen molar-refractivity contribution in [1.29, 1.82) is 0 Å². The van der Waals surface area contributed by atoms with Crippen molar-refractivity contribution in [2.75, 3.05) is 0 Å². The van der Waals surface area contributed by atoms with Crippen LogP contribution in [0.5, 0.6) is 0 Å². The molecule has 2 aromatic carbocycles. The Bertz CT molecular complexity index is 741. The summed E-state index contributed by atoms with van der Waals surface area (Å²) in [6.45, 7) is 6.69. The van der Waals surface area contributed by atoms with Gasteiger partial charge in [-0.3, -0.25) is 0 Å². The highest BCUT2D eigenvalue weighted by molar-refractivity contribution is 5.85. The number of aliphatic carboxylic acids is 1. The molecule has 0 heterocycles. The Morgan fingerprint density at radius 2 is 1.84 bits per heavy atom. The molecular formula is C19H23F2NO3. The molecule has 136 valence electrons. The second kappa shape index (κ2) is 8.69. The molecule has 0 aliphatic rings. The first kappa shape index (κ1) is 20.7. The van der Waals surface area contributed by atoms with Crippen molar-refractivity contribution in [3.63, 3.8) is 0 Å². The minimum absolute atomic E-state index is 0.155. The molecule has 0 unspecified atom stereocenters. The second-order valence-corrected chi connectivity index (χ2v) is 6.12. The van der Waals surface area contributed by atoms with Crippen LogP contribution in [0.1, 0.15) is 31.9 Å². The SMILES string of the molecule is C=C(C)C[C@@](O)(C(=O)[O-])C(F)F.C[C@H]([NH3+])c1cccc2ccccc12. The molecule has 2 rings (SSSR count). The van der Waals surface area contributed by atoms with Crippen molar-refractivity contribution < 1.29 is 29.5 Å². The number of hydrogen-bond acceptors (Lipinski definition) is 3. The minimum atomic E-state index is -3.38. The third kappa shape index (κ3) is 5.34. The molecule has 0 fully saturated rings. The zero-order valence-corrected chi connectivity index (χ0v) is 14.3. The summed E-state index contributed by atoms with van der Waals surface area (Å²) in [4.78, 5) is 10.1. The molecule has 0 saturated heterocycles. The monoisotopic (exact) mass is 351 g/mol. The Kier molecular flexibility index (Phi) is 7.21. The number of quaternary nitrogens is 1. The highest BCUT2D eigenvalue weighted by Gasteiger charge is 2.39. The lowest BCUT2D eigenvalue weighted by molar-refractivity contribution is -0.420. The number of alkyl halides is 2. The second-order valence-electron chi connectivity index (χ2n) is 6.12. The van der Waals surface area contributed by atoms with Crippen molar-refractivity contribution in [3.05, 3.63) is 60.2 Å². The Labute approximate surface area is 145 Å². The van der Waals surface area contributed by atoms with Crippen LogP contribution in [0.25, 0.3) is 10.8 Å². The molecule has 4 N–H and O–H groups in total. The molecule has 25 heavy (non-hydrogen) atoms. The molecule has 2 atom stereocenters. The predicted octanol–water partition coefficient (Wildman–Crippen LogP) is 1.84. The first-order valence-electron chi connectivity index (χ1n) is 7.76. The predicted molar refractivity (Wildman–Crippen MR) is 90.6 cm³/mol. The van der Waals surface area contributed by atoms with Gasteiger partial charge in [0.1, 0.15) is 6.04 Å². The largest absolute Gasteiger partial charge is 0.547 e. The van der Waals surface area contributed by atoms with Gasteiger partial charge >= 0.3 is 0 Å². The lowest BCUT2D eigenvalue weighted by atomic mass is 9.97. The lowest BCUT2D eigenvalue weighted by Gasteiger charge is -2.28. The average Bonchev–Trinajstić information content (AvgIpc) is 2.53. The van der Waals surface area contributed by atoms with Crippen LogP contribution in [-0.4, -0.2) is 23.1 Å². The van der Waals surface area contributed by atoms with E-state index in [1.54, 1.807) is 0 Å². The fraction of sp³-hybridized carbons (Fsp3) is 0.316. The minimum Gasteiger partial charge on any atom is -0.547 e. The van der Waals surface area contributed by atoms with Crippen molar-refractivity contribution in [3.8, 4) is 0 Å². The molecule has 0 saturated carbocycles. The maximum Gasteiger partial charge on any atom is 0.272 e. The third-order valence-electron chi connectivity index (χ3n) is 3.64. The van der Waals surface area contributed by atoms with Gasteiger partial charge in [-0.15, -0.1) is 6.58 Å². The Morgan fingerprint density at radius 1 is 1.28 bits per heavy atom. The van der Waals surface area contributed by atoms with Crippen LogP contribution in [0.2, 0.25) is 0 Å². The zero-order chi connectivity index (χ0) is 19.2. The van der Waals surface area contributed by atoms with Crippen molar-refractivity contribution in [2.45, 2.75) is 38.3 Å². The number of carboxylic acid groups (broad SMARTS) is 1. The molecule has 0 aliphatic carbocycles. The number of rotatable bonds is 5. The van der Waals surface area contributed by atoms with E-state index in [-0.39, 0.29) is 5.57 Å². The van der Waals surface area contributed by atoms with Gasteiger partial charge in [-0.25, -0.2) is 8.78 Å². The van der Waals surface area contributed by atoms with Crippen molar-refractivity contribution in [2.24, 2.45) is 0 Å². The van der Waals surface area contributed by atoms with Gasteiger partial charge in [0.2, 0.25) is 0 Å². The smallest absolute Gasteiger partial charge is 0.272 e. The van der Waals surface area contributed by atoms with E-state index in [4.69, 9.17) is 5.11 Å². The van der Waals surface area contributed by atoms with Crippen LogP contribution >= 0.6 is 0 Å². The van der Waals surface area contributed by atoms with E-state index in [1.807, 2.05) is 0 Å². The molecule has 0 aliphatic heterocycles. The number of carbonyl (C=O) groups excluding carboxylic acids is 1. The number of aliphatic hydroxyl groups is 1. The Balaban J connectivity index is 0.000000252. The van der Waals surface area contributed by atoms with E-state index in [0.29, 0.717) is 6.04 Å². The van der Waals surface area contributed by atoms with Gasteiger partial charge in [0.05, 0.1) is 5.97 Å². The van der Waals surface area contributed by atoms with Crippen molar-refractivity contribution in [1.82, 2.24) is 0 Å². The summed E-state index contributed by atoms with van der Waals surface area (Å²) in [7, 11) is 0. The molecule has 6 heteroatoms. The van der Waals surface area contributed by atoms with E-state index >= 15 is 0 Å². The summed E-state index contributed by atoms with van der Waals surface area (Å²) in [6, 6.07) is 15.2. The summed E-state index contributed by atoms with van der Waals surface area (Å²) in [5.41, 5.74) is 2.44. The van der Waals surface area contributed by atoms with Crippen LogP contribution < -0.4 is 10.8 Å². The third-order valence-corrected chi connectivity index (χ3v) is 3.64. The molecular weight excluding hydrogens is 328 g/mol. The van der Waals surface area contributed by atoms with Gasteiger partial charge < -0.3 is 20.7 Å². The molecule has 0 aromatic heterocycles. The van der Waals surface area contributed by atoms with Gasteiger partial charge in [0.25, 0.3) is 6.43 Å². The van der Waals surface area contributed by atoms with Crippen LogP contribution in [0.3, 0.4) is 0 Å². The van der Waals surface area contributed by atoms with Gasteiger partial charge in [-0.05, 0) is 24.6 Å². The molecule has 2 aromatic rings. The number of fused-ring (bicyclic) bond motifs is 1. The van der Waals surface area contributed by atoms with E-state index in [2.05, 4.69) is 61.7 Å². The average molecular weight is 351 g/mol. The Hall–Kier alpha value is -2.31. The number of hydrogen-bond donors (Lipinski definition) is 2. The Morgan fingerprint density at radius 3 is 2.28 bits per heavy atom. The van der Waals surface area contributed by atoms with E-state index in [9.17, 15) is 18.7 Å². The van der Waals surface area contributed by atoms with Gasteiger partial charge in [0, 0.05) is 12.0 Å². The maximum atomic E-state index is 12.0. The lowest BCUT2D eigenvalue weighted by Crippen LogP contribution is -2.53. The quantitative estimate of drug-likeness (QED) is 0.806. The molecule has 0 radical (unpaired) electrons. The molecule has 4 nitrogen and oxygen atoms in total. The number of halogens is 2. The zero-order valence-electron chi connectivity index (χ0n) is 14.3. The normalized spacial score (nSPS) is 14.4. The van der Waals surface area contributed by atoms with Crippen LogP contribution in [-0.2, 0) is 4.79 Å². The summed E-state index contributed by atoms with van der Waals surface area (Å²) in [6.07, 6.45) is -4.08. The fourth-order valence-electron chi connectivity index (χ4n) is 2.38. The summed E-state index contributed by atoms with van der Waals surface area (Å²) in [5.74, 6) is -2.18.